The number of para-hydroxylation sites is 4. The van der Waals surface area contributed by atoms with Crippen LogP contribution < -0.4 is 52.4 Å². The molecule has 15 aromatic rings. The summed E-state index contributed by atoms with van der Waals surface area (Å²) in [6.45, 7) is -0.168. The van der Waals surface area contributed by atoms with E-state index in [-0.39, 0.29) is 13.4 Å². The second kappa shape index (κ2) is 17.4. The highest BCUT2D eigenvalue weighted by molar-refractivity contribution is 7.03. The molecule has 0 atom stereocenters. The van der Waals surface area contributed by atoms with Gasteiger partial charge in [-0.3, -0.25) is 0 Å². The Kier molecular flexibility index (Phi) is 9.48. The third kappa shape index (κ3) is 6.23. The molecule has 0 saturated heterocycles. The van der Waals surface area contributed by atoms with E-state index in [2.05, 4.69) is 311 Å². The average molecular weight is 1060 g/mol. The van der Waals surface area contributed by atoms with Crippen LogP contribution in [0.5, 0.6) is 0 Å². The summed E-state index contributed by atoms with van der Waals surface area (Å²) in [4.78, 5) is 10.2. The van der Waals surface area contributed by atoms with Crippen LogP contribution in [0.3, 0.4) is 0 Å². The second-order valence-electron chi connectivity index (χ2n) is 23.0. The Bertz CT molecular complexity index is 4930. The molecule has 15 aromatic carbocycles. The summed E-state index contributed by atoms with van der Waals surface area (Å²) in [5.41, 5.74) is 21.8. The van der Waals surface area contributed by atoms with Crippen LogP contribution in [0.4, 0.5) is 68.2 Å². The monoisotopic (exact) mass is 1060 g/mol. The van der Waals surface area contributed by atoms with Crippen LogP contribution in [-0.4, -0.2) is 13.4 Å². The molecule has 386 valence electrons. The van der Waals surface area contributed by atoms with Crippen LogP contribution in [0, 0.1) is 0 Å². The first-order chi connectivity index (χ1) is 41.7. The van der Waals surface area contributed by atoms with Crippen molar-refractivity contribution >= 4 is 179 Å². The molecule has 4 aliphatic heterocycles. The number of nitrogens with zero attached hydrogens (tertiary/aromatic N) is 4. The second-order valence-corrected chi connectivity index (χ2v) is 23.0. The lowest BCUT2D eigenvalue weighted by atomic mass is 9.30. The summed E-state index contributed by atoms with van der Waals surface area (Å²) in [6.07, 6.45) is 0. The quantitative estimate of drug-likeness (QED) is 0.129. The fraction of sp³-hybridized carbons (Fsp3) is 0. The molecule has 0 fully saturated rings. The maximum atomic E-state index is 2.65. The highest BCUT2D eigenvalue weighted by atomic mass is 15.2. The lowest BCUT2D eigenvalue weighted by Gasteiger charge is -2.47. The summed E-state index contributed by atoms with van der Waals surface area (Å²) < 4.78 is 0. The van der Waals surface area contributed by atoms with Gasteiger partial charge in [0.1, 0.15) is 0 Å². The number of benzene rings is 15. The van der Waals surface area contributed by atoms with E-state index in [0.717, 1.165) is 22.7 Å². The lowest BCUT2D eigenvalue weighted by molar-refractivity contribution is 1.24. The molecular weight excluding hydrogens is 1010 g/mol. The Morgan fingerprint density at radius 1 is 0.167 bits per heavy atom. The zero-order chi connectivity index (χ0) is 54.7. The Morgan fingerprint density at radius 2 is 0.452 bits per heavy atom. The molecule has 0 aliphatic carbocycles. The van der Waals surface area contributed by atoms with E-state index in [1.807, 2.05) is 0 Å². The van der Waals surface area contributed by atoms with E-state index < -0.39 is 0 Å². The van der Waals surface area contributed by atoms with Gasteiger partial charge in [0.05, 0.1) is 0 Å². The van der Waals surface area contributed by atoms with Gasteiger partial charge in [0.15, 0.2) is 0 Å². The van der Waals surface area contributed by atoms with E-state index in [1.54, 1.807) is 0 Å². The first kappa shape index (κ1) is 45.9. The third-order valence-electron chi connectivity index (χ3n) is 18.9. The zero-order valence-corrected chi connectivity index (χ0v) is 45.7. The topological polar surface area (TPSA) is 13.0 Å². The summed E-state index contributed by atoms with van der Waals surface area (Å²) in [7, 11) is 0. The third-order valence-corrected chi connectivity index (χ3v) is 18.9. The predicted octanol–water partition coefficient (Wildman–Crippen LogP) is 16.8. The van der Waals surface area contributed by atoms with Crippen molar-refractivity contribution in [3.8, 4) is 0 Å². The molecular formula is C78H48B2N4. The molecule has 4 aliphatic rings. The van der Waals surface area contributed by atoms with E-state index in [1.165, 1.54) is 143 Å². The van der Waals surface area contributed by atoms with Gasteiger partial charge in [-0.1, -0.05) is 200 Å². The Hall–Kier alpha value is -10.8. The number of rotatable bonds is 4. The SMILES string of the molecule is c1ccc(N2c3ccccc3B3c4cc5c(cc4N(c4ccc6c7ccccc7c7ccccc7c6c4)c4cccc2c43)N(c2ccc3c4ccccc4c4ccccc4c3c2)c2cccc3c2B5c2ccccc2N3c2ccccc2)cc1. The minimum atomic E-state index is -0.0841. The van der Waals surface area contributed by atoms with Crippen LogP contribution in [0.2, 0.25) is 0 Å². The van der Waals surface area contributed by atoms with E-state index >= 15 is 0 Å². The molecule has 19 rings (SSSR count). The molecule has 0 unspecified atom stereocenters. The molecule has 0 radical (unpaired) electrons. The van der Waals surface area contributed by atoms with E-state index in [4.69, 9.17) is 0 Å². The Morgan fingerprint density at radius 3 is 0.821 bits per heavy atom. The van der Waals surface area contributed by atoms with Gasteiger partial charge in [-0.2, -0.15) is 0 Å². The standard InChI is InChI=1S/C78H48B2N4/c1-3-21-49(22-4-1)81-69-35-17-15-33-65(69)79-67-47-68-76(48-75(67)83(73-39-19-37-71(81)77(73)79)51-41-43-61-57-29-9-7-25-53(57)55-27-11-13-31-59(55)63(61)45-51)84(52-42-44-62-58-30-10-8-26-54(58)56-28-12-14-32-60(56)64(62)46-52)74-40-20-38-72-78(74)80(68)66-34-16-18-36-70(66)82(72)50-23-5-2-6-24-50/h1-48H. The smallest absolute Gasteiger partial charge is 0.252 e. The van der Waals surface area contributed by atoms with Crippen LogP contribution in [0.25, 0.3) is 64.6 Å². The van der Waals surface area contributed by atoms with Crippen LogP contribution in [0.1, 0.15) is 0 Å². The van der Waals surface area contributed by atoms with Gasteiger partial charge in [-0.25, -0.2) is 0 Å². The fourth-order valence-electron chi connectivity index (χ4n) is 15.6. The van der Waals surface area contributed by atoms with Crippen molar-refractivity contribution < 1.29 is 0 Å². The van der Waals surface area contributed by atoms with Gasteiger partial charge in [0, 0.05) is 68.2 Å². The lowest BCUT2D eigenvalue weighted by Crippen LogP contribution is -2.65. The molecule has 4 heterocycles. The van der Waals surface area contributed by atoms with Crippen molar-refractivity contribution in [2.75, 3.05) is 19.6 Å². The maximum absolute atomic E-state index is 2.65. The number of hydrogen-bond donors (Lipinski definition) is 0. The molecule has 0 spiro atoms. The van der Waals surface area contributed by atoms with Crippen molar-refractivity contribution in [3.05, 3.63) is 291 Å². The van der Waals surface area contributed by atoms with E-state index in [0.29, 0.717) is 0 Å². The average Bonchev–Trinajstić information content (AvgIpc) is 0.819. The molecule has 0 aromatic heterocycles. The summed E-state index contributed by atoms with van der Waals surface area (Å²) >= 11 is 0. The first-order valence-corrected chi connectivity index (χ1v) is 29.3. The largest absolute Gasteiger partial charge is 0.311 e. The number of anilines is 12. The van der Waals surface area contributed by atoms with Crippen LogP contribution in [-0.2, 0) is 0 Å². The van der Waals surface area contributed by atoms with Gasteiger partial charge in [0.25, 0.3) is 13.4 Å². The zero-order valence-electron chi connectivity index (χ0n) is 45.7. The molecule has 84 heavy (non-hydrogen) atoms. The molecule has 6 heteroatoms. The predicted molar refractivity (Wildman–Crippen MR) is 360 cm³/mol. The molecule has 0 amide bonds. The Labute approximate surface area is 487 Å². The molecule has 4 nitrogen and oxygen atoms in total. The van der Waals surface area contributed by atoms with Crippen molar-refractivity contribution in [2.24, 2.45) is 0 Å². The summed E-state index contributed by atoms with van der Waals surface area (Å²) in [6, 6.07) is 110. The fourth-order valence-corrected chi connectivity index (χ4v) is 15.6. The van der Waals surface area contributed by atoms with Crippen LogP contribution >= 0.6 is 0 Å². The molecule has 0 bridgehead atoms. The van der Waals surface area contributed by atoms with Gasteiger partial charge in [-0.15, -0.1) is 0 Å². The first-order valence-electron chi connectivity index (χ1n) is 29.3. The Balaban J connectivity index is 0.943. The van der Waals surface area contributed by atoms with Gasteiger partial charge in [-0.05, 0) is 188 Å². The minimum Gasteiger partial charge on any atom is -0.311 e. The molecule has 0 saturated carbocycles. The van der Waals surface area contributed by atoms with Crippen molar-refractivity contribution in [3.63, 3.8) is 0 Å². The molecule has 0 N–H and O–H groups in total. The normalized spacial score (nSPS) is 13.6. The summed E-state index contributed by atoms with van der Waals surface area (Å²) in [5, 5.41) is 15.1. The van der Waals surface area contributed by atoms with Crippen molar-refractivity contribution in [2.45, 2.75) is 0 Å². The van der Waals surface area contributed by atoms with Gasteiger partial charge >= 0.3 is 0 Å². The highest BCUT2D eigenvalue weighted by Gasteiger charge is 2.48. The maximum Gasteiger partial charge on any atom is 0.252 e. The minimum absolute atomic E-state index is 0.0841. The van der Waals surface area contributed by atoms with Gasteiger partial charge in [0.2, 0.25) is 0 Å². The number of fused-ring (bicyclic) bond motifs is 20. The highest BCUT2D eigenvalue weighted by Crippen LogP contribution is 2.50. The van der Waals surface area contributed by atoms with Crippen LogP contribution in [0.15, 0.2) is 291 Å². The van der Waals surface area contributed by atoms with E-state index in [9.17, 15) is 0 Å². The number of hydrogen-bond acceptors (Lipinski definition) is 4. The van der Waals surface area contributed by atoms with Crippen molar-refractivity contribution in [1.29, 1.82) is 0 Å². The van der Waals surface area contributed by atoms with Crippen molar-refractivity contribution in [1.82, 2.24) is 0 Å². The van der Waals surface area contributed by atoms with Gasteiger partial charge < -0.3 is 19.6 Å². The summed E-state index contributed by atoms with van der Waals surface area (Å²) in [5.74, 6) is 0.